The number of fused-ring (bicyclic) bond motifs is 1. The number of methoxy groups -OCH3 is 2. The average molecular weight is 497 g/mol. The predicted octanol–water partition coefficient (Wildman–Crippen LogP) is 3.09. The van der Waals surface area contributed by atoms with Gasteiger partial charge < -0.3 is 14.8 Å². The molecule has 2 aromatic carbocycles. The molecule has 0 aromatic heterocycles. The normalized spacial score (nSPS) is 21.3. The molecule has 2 aliphatic heterocycles. The number of ether oxygens (including phenoxy) is 2. The van der Waals surface area contributed by atoms with Crippen LogP contribution in [0.4, 0.5) is 5.69 Å². The quantitative estimate of drug-likeness (QED) is 0.600. The van der Waals surface area contributed by atoms with E-state index in [1.54, 1.807) is 30.7 Å². The zero-order valence-corrected chi connectivity index (χ0v) is 21.1. The first-order valence-electron chi connectivity index (χ1n) is 12.1. The van der Waals surface area contributed by atoms with Crippen molar-refractivity contribution >= 4 is 15.7 Å². The van der Waals surface area contributed by atoms with Crippen molar-refractivity contribution in [3.8, 4) is 17.6 Å². The number of nitrogens with zero attached hydrogens (tertiary/aromatic N) is 3. The van der Waals surface area contributed by atoms with Crippen molar-refractivity contribution in [2.24, 2.45) is 5.41 Å². The van der Waals surface area contributed by atoms with Crippen LogP contribution in [-0.4, -0.2) is 70.6 Å². The van der Waals surface area contributed by atoms with Gasteiger partial charge in [-0.25, -0.2) is 8.42 Å². The molecule has 8 nitrogen and oxygen atoms in total. The van der Waals surface area contributed by atoms with Crippen LogP contribution in [0, 0.1) is 16.7 Å². The average Bonchev–Trinajstić information content (AvgIpc) is 3.51. The van der Waals surface area contributed by atoms with Gasteiger partial charge in [-0.15, -0.1) is 0 Å². The van der Waals surface area contributed by atoms with Crippen molar-refractivity contribution in [3.05, 3.63) is 47.5 Å². The molecule has 0 radical (unpaired) electrons. The van der Waals surface area contributed by atoms with Gasteiger partial charge in [0.1, 0.15) is 6.07 Å². The summed E-state index contributed by atoms with van der Waals surface area (Å²) < 4.78 is 39.3. The highest BCUT2D eigenvalue weighted by Gasteiger charge is 2.53. The Morgan fingerprint density at radius 3 is 2.71 bits per heavy atom. The van der Waals surface area contributed by atoms with E-state index in [1.165, 1.54) is 18.9 Å². The molecule has 0 amide bonds. The van der Waals surface area contributed by atoms with E-state index in [0.29, 0.717) is 60.3 Å². The van der Waals surface area contributed by atoms with Crippen LogP contribution in [0.5, 0.6) is 11.5 Å². The Morgan fingerprint density at radius 1 is 1.17 bits per heavy atom. The van der Waals surface area contributed by atoms with Crippen molar-refractivity contribution in [3.63, 3.8) is 0 Å². The van der Waals surface area contributed by atoms with Gasteiger partial charge in [-0.05, 0) is 60.9 Å². The second kappa shape index (κ2) is 9.34. The van der Waals surface area contributed by atoms with Crippen molar-refractivity contribution in [1.29, 1.82) is 5.26 Å². The Labute approximate surface area is 207 Å². The highest BCUT2D eigenvalue weighted by atomic mass is 32.2. The minimum absolute atomic E-state index is 0.182. The van der Waals surface area contributed by atoms with Crippen LogP contribution >= 0.6 is 0 Å². The van der Waals surface area contributed by atoms with E-state index in [2.05, 4.69) is 16.3 Å². The first-order chi connectivity index (χ1) is 16.9. The highest BCUT2D eigenvalue weighted by molar-refractivity contribution is 7.89. The number of hydrogen-bond donors (Lipinski definition) is 1. The van der Waals surface area contributed by atoms with Crippen molar-refractivity contribution in [2.45, 2.75) is 36.6 Å². The number of sulfonamides is 1. The van der Waals surface area contributed by atoms with Crippen LogP contribution in [0.3, 0.4) is 0 Å². The summed E-state index contributed by atoms with van der Waals surface area (Å²) in [6, 6.07) is 13.0. The molecule has 186 valence electrons. The predicted molar refractivity (Wildman–Crippen MR) is 133 cm³/mol. The lowest BCUT2D eigenvalue weighted by atomic mass is 10.0. The summed E-state index contributed by atoms with van der Waals surface area (Å²) in [6.07, 6.45) is 4.30. The van der Waals surface area contributed by atoms with E-state index < -0.39 is 10.0 Å². The van der Waals surface area contributed by atoms with Gasteiger partial charge in [-0.3, -0.25) is 4.90 Å². The smallest absolute Gasteiger partial charge is 0.243 e. The molecule has 2 heterocycles. The van der Waals surface area contributed by atoms with Crippen molar-refractivity contribution in [2.75, 3.05) is 52.3 Å². The molecule has 2 saturated heterocycles. The topological polar surface area (TPSA) is 94.9 Å². The first-order valence-corrected chi connectivity index (χ1v) is 13.6. The molecular weight excluding hydrogens is 464 g/mol. The Bertz CT molecular complexity index is 1250. The van der Waals surface area contributed by atoms with Gasteiger partial charge in [-0.1, -0.05) is 12.1 Å². The van der Waals surface area contributed by atoms with E-state index in [9.17, 15) is 13.7 Å². The molecule has 2 aromatic rings. The molecule has 1 saturated carbocycles. The molecule has 0 unspecified atom stereocenters. The maximum atomic E-state index is 13.4. The standard InChI is InChI=1S/C26H32N4O4S/c1-33-24-5-3-4-19(25(24)34-2)8-11-28-23-7-6-22(14-20(23)16-27)35(31,32)30-13-12-29-18-26(9-10-26)15-21(29)17-30/h3-7,14,21,28H,8-13,15,17-18H2,1-2H3/t21-/m0/s1. The number of benzene rings is 2. The van der Waals surface area contributed by atoms with Gasteiger partial charge in [0.05, 0.1) is 30.4 Å². The van der Waals surface area contributed by atoms with Gasteiger partial charge in [-0.2, -0.15) is 9.57 Å². The van der Waals surface area contributed by atoms with Crippen molar-refractivity contribution in [1.82, 2.24) is 9.21 Å². The molecule has 35 heavy (non-hydrogen) atoms. The monoisotopic (exact) mass is 496 g/mol. The minimum Gasteiger partial charge on any atom is -0.493 e. The van der Waals surface area contributed by atoms with Gasteiger partial charge in [0, 0.05) is 38.8 Å². The molecule has 1 aliphatic carbocycles. The van der Waals surface area contributed by atoms with Crippen molar-refractivity contribution < 1.29 is 17.9 Å². The highest BCUT2D eigenvalue weighted by Crippen LogP contribution is 2.55. The zero-order valence-electron chi connectivity index (χ0n) is 20.3. The van der Waals surface area contributed by atoms with E-state index in [4.69, 9.17) is 9.47 Å². The largest absolute Gasteiger partial charge is 0.493 e. The van der Waals surface area contributed by atoms with Crippen LogP contribution in [0.1, 0.15) is 30.4 Å². The number of hydrogen-bond acceptors (Lipinski definition) is 7. The lowest BCUT2D eigenvalue weighted by Gasteiger charge is -2.36. The maximum Gasteiger partial charge on any atom is 0.243 e. The Hall–Kier alpha value is -2.80. The SMILES string of the molecule is COc1cccc(CCNc2ccc(S(=O)(=O)N3CCN4CC5(CC5)C[C@H]4C3)cc2C#N)c1OC. The fraction of sp³-hybridized carbons (Fsp3) is 0.500. The Kier molecular flexibility index (Phi) is 6.38. The van der Waals surface area contributed by atoms with Crippen LogP contribution in [0.15, 0.2) is 41.3 Å². The van der Waals surface area contributed by atoms with Crippen LogP contribution < -0.4 is 14.8 Å². The summed E-state index contributed by atoms with van der Waals surface area (Å²) >= 11 is 0. The zero-order chi connectivity index (χ0) is 24.6. The number of para-hydroxylation sites is 1. The van der Waals surface area contributed by atoms with Crippen LogP contribution in [0.2, 0.25) is 0 Å². The third-order valence-electron chi connectivity index (χ3n) is 7.68. The molecule has 1 N–H and O–H groups in total. The number of piperazine rings is 1. The molecule has 1 atom stereocenters. The molecule has 3 aliphatic rings. The Morgan fingerprint density at radius 2 is 2.00 bits per heavy atom. The number of nitriles is 1. The van der Waals surface area contributed by atoms with E-state index in [-0.39, 0.29) is 4.90 Å². The lowest BCUT2D eigenvalue weighted by molar-refractivity contribution is 0.157. The molecule has 0 bridgehead atoms. The molecule has 3 fully saturated rings. The fourth-order valence-electron chi connectivity index (χ4n) is 5.58. The van der Waals surface area contributed by atoms with Gasteiger partial charge in [0.25, 0.3) is 0 Å². The number of anilines is 1. The summed E-state index contributed by atoms with van der Waals surface area (Å²) in [7, 11) is -0.437. The molecule has 1 spiro atoms. The van der Waals surface area contributed by atoms with E-state index >= 15 is 0 Å². The Balaban J connectivity index is 1.27. The minimum atomic E-state index is -3.65. The van der Waals surface area contributed by atoms with Crippen LogP contribution in [0.25, 0.3) is 0 Å². The van der Waals surface area contributed by atoms with E-state index in [0.717, 1.165) is 25.1 Å². The van der Waals surface area contributed by atoms with Crippen LogP contribution in [-0.2, 0) is 16.4 Å². The third kappa shape index (κ3) is 4.58. The molecule has 9 heteroatoms. The second-order valence-electron chi connectivity index (χ2n) is 9.84. The fourth-order valence-corrected chi connectivity index (χ4v) is 7.08. The lowest BCUT2D eigenvalue weighted by Crippen LogP contribution is -2.51. The summed E-state index contributed by atoms with van der Waals surface area (Å²) in [4.78, 5) is 2.64. The number of nitrogens with one attached hydrogen (secondary N) is 1. The molecular formula is C26H32N4O4S. The number of rotatable bonds is 8. The summed E-state index contributed by atoms with van der Waals surface area (Å²) in [5, 5.41) is 13.0. The maximum absolute atomic E-state index is 13.4. The first kappa shape index (κ1) is 23.9. The van der Waals surface area contributed by atoms with Gasteiger partial charge in [0.2, 0.25) is 10.0 Å². The van der Waals surface area contributed by atoms with E-state index in [1.807, 2.05) is 18.2 Å². The second-order valence-corrected chi connectivity index (χ2v) is 11.8. The van der Waals surface area contributed by atoms with Gasteiger partial charge >= 0.3 is 0 Å². The summed E-state index contributed by atoms with van der Waals surface area (Å²) in [5.74, 6) is 1.36. The molecule has 5 rings (SSSR count). The summed E-state index contributed by atoms with van der Waals surface area (Å²) in [6.45, 7) is 3.49. The summed E-state index contributed by atoms with van der Waals surface area (Å²) in [5.41, 5.74) is 2.38. The van der Waals surface area contributed by atoms with Gasteiger partial charge in [0.15, 0.2) is 11.5 Å². The third-order valence-corrected chi connectivity index (χ3v) is 9.54.